The van der Waals surface area contributed by atoms with Gasteiger partial charge in [0.15, 0.2) is 0 Å². The first kappa shape index (κ1) is 17.0. The van der Waals surface area contributed by atoms with Crippen LogP contribution in [0.25, 0.3) is 0 Å². The van der Waals surface area contributed by atoms with Crippen LogP contribution in [0.3, 0.4) is 0 Å². The number of hydrogen-bond acceptors (Lipinski definition) is 4. The first-order valence-electron chi connectivity index (χ1n) is 9.50. The Morgan fingerprint density at radius 1 is 1.08 bits per heavy atom. The Morgan fingerprint density at radius 3 is 2.77 bits per heavy atom. The Balaban J connectivity index is 1.52. The number of rotatable bonds is 3. The summed E-state index contributed by atoms with van der Waals surface area (Å²) in [5, 5.41) is 0. The van der Waals surface area contributed by atoms with E-state index in [9.17, 15) is 4.79 Å². The Labute approximate surface area is 155 Å². The van der Waals surface area contributed by atoms with E-state index in [0.29, 0.717) is 13.0 Å². The van der Waals surface area contributed by atoms with E-state index in [4.69, 9.17) is 0 Å². The van der Waals surface area contributed by atoms with Crippen LogP contribution in [-0.4, -0.2) is 40.4 Å². The van der Waals surface area contributed by atoms with E-state index in [1.54, 1.807) is 6.20 Å². The zero-order chi connectivity index (χ0) is 18.0. The van der Waals surface area contributed by atoms with Gasteiger partial charge in [-0.05, 0) is 49.9 Å². The first-order valence-corrected chi connectivity index (χ1v) is 9.50. The fourth-order valence-corrected chi connectivity index (χ4v) is 4.46. The molecule has 136 valence electrons. The van der Waals surface area contributed by atoms with Crippen molar-refractivity contribution in [1.29, 1.82) is 0 Å². The van der Waals surface area contributed by atoms with Gasteiger partial charge in [-0.15, -0.1) is 0 Å². The second-order valence-corrected chi connectivity index (χ2v) is 7.74. The zero-order valence-electron chi connectivity index (χ0n) is 15.4. The highest BCUT2D eigenvalue weighted by Crippen LogP contribution is 2.40. The molecule has 0 saturated carbocycles. The van der Waals surface area contributed by atoms with Crippen LogP contribution in [0.1, 0.15) is 36.9 Å². The molecule has 2 aromatic heterocycles. The molecular formula is C21H26N4O. The third-order valence-corrected chi connectivity index (χ3v) is 5.77. The Morgan fingerprint density at radius 2 is 1.96 bits per heavy atom. The van der Waals surface area contributed by atoms with Crippen LogP contribution in [0.15, 0.2) is 42.7 Å². The van der Waals surface area contributed by atoms with Crippen molar-refractivity contribution in [3.8, 4) is 0 Å². The average Bonchev–Trinajstić information content (AvgIpc) is 2.66. The predicted octanol–water partition coefficient (Wildman–Crippen LogP) is 3.19. The van der Waals surface area contributed by atoms with Gasteiger partial charge in [0, 0.05) is 43.9 Å². The molecule has 1 amide bonds. The van der Waals surface area contributed by atoms with E-state index < -0.39 is 0 Å². The molecule has 1 atom stereocenters. The third-order valence-electron chi connectivity index (χ3n) is 5.77. The van der Waals surface area contributed by atoms with Crippen molar-refractivity contribution in [1.82, 2.24) is 14.9 Å². The maximum Gasteiger partial charge on any atom is 0.222 e. The molecule has 4 rings (SSSR count). The number of aromatic nitrogens is 2. The smallest absolute Gasteiger partial charge is 0.222 e. The van der Waals surface area contributed by atoms with Gasteiger partial charge >= 0.3 is 0 Å². The highest BCUT2D eigenvalue weighted by molar-refractivity contribution is 5.77. The number of piperidine rings is 2. The van der Waals surface area contributed by atoms with Gasteiger partial charge < -0.3 is 9.80 Å². The predicted molar refractivity (Wildman–Crippen MR) is 102 cm³/mol. The Hall–Kier alpha value is -2.43. The number of aryl methyl sites for hydroxylation is 1. The van der Waals surface area contributed by atoms with Gasteiger partial charge in [-0.3, -0.25) is 9.78 Å². The lowest BCUT2D eigenvalue weighted by molar-refractivity contribution is -0.138. The highest BCUT2D eigenvalue weighted by atomic mass is 16.2. The van der Waals surface area contributed by atoms with Crippen LogP contribution in [0.4, 0.5) is 5.82 Å². The van der Waals surface area contributed by atoms with Crippen LogP contribution < -0.4 is 4.90 Å². The monoisotopic (exact) mass is 350 g/mol. The molecule has 5 heteroatoms. The normalized spacial score (nSPS) is 23.5. The number of hydrogen-bond donors (Lipinski definition) is 0. The van der Waals surface area contributed by atoms with Crippen molar-refractivity contribution >= 4 is 11.7 Å². The van der Waals surface area contributed by atoms with Crippen molar-refractivity contribution < 1.29 is 4.79 Å². The molecule has 1 unspecified atom stereocenters. The van der Waals surface area contributed by atoms with E-state index in [2.05, 4.69) is 27.9 Å². The van der Waals surface area contributed by atoms with Crippen LogP contribution >= 0.6 is 0 Å². The molecule has 2 fully saturated rings. The van der Waals surface area contributed by atoms with E-state index in [-0.39, 0.29) is 11.3 Å². The van der Waals surface area contributed by atoms with Gasteiger partial charge in [0.1, 0.15) is 5.82 Å². The van der Waals surface area contributed by atoms with Gasteiger partial charge in [0.05, 0.1) is 12.2 Å². The molecule has 2 saturated heterocycles. The van der Waals surface area contributed by atoms with Crippen LogP contribution in [0.5, 0.6) is 0 Å². The van der Waals surface area contributed by atoms with Crippen LogP contribution in [0.2, 0.25) is 0 Å². The van der Waals surface area contributed by atoms with Crippen molar-refractivity contribution in [3.63, 3.8) is 0 Å². The minimum Gasteiger partial charge on any atom is -0.356 e. The third kappa shape index (κ3) is 3.43. The van der Waals surface area contributed by atoms with Crippen molar-refractivity contribution in [3.05, 3.63) is 54.0 Å². The summed E-state index contributed by atoms with van der Waals surface area (Å²) < 4.78 is 0. The molecule has 0 aliphatic carbocycles. The lowest BCUT2D eigenvalue weighted by Crippen LogP contribution is -2.54. The molecular weight excluding hydrogens is 324 g/mol. The topological polar surface area (TPSA) is 49.3 Å². The zero-order valence-corrected chi connectivity index (χ0v) is 15.4. The largest absolute Gasteiger partial charge is 0.356 e. The van der Waals surface area contributed by atoms with Gasteiger partial charge in [-0.1, -0.05) is 12.1 Å². The summed E-state index contributed by atoms with van der Waals surface area (Å²) in [4.78, 5) is 26.0. The second-order valence-electron chi connectivity index (χ2n) is 7.74. The van der Waals surface area contributed by atoms with Crippen LogP contribution in [0, 0.1) is 12.3 Å². The molecule has 0 aromatic carbocycles. The molecule has 26 heavy (non-hydrogen) atoms. The van der Waals surface area contributed by atoms with E-state index >= 15 is 0 Å². The summed E-state index contributed by atoms with van der Waals surface area (Å²) in [6.07, 6.45) is 7.63. The molecule has 2 aliphatic heterocycles. The summed E-state index contributed by atoms with van der Waals surface area (Å²) in [5.41, 5.74) is 2.36. The number of nitrogens with zero attached hydrogens (tertiary/aromatic N) is 4. The molecule has 0 bridgehead atoms. The molecule has 1 spiro atoms. The highest BCUT2D eigenvalue weighted by Gasteiger charge is 2.42. The number of amides is 1. The van der Waals surface area contributed by atoms with Gasteiger partial charge in [0.2, 0.25) is 5.91 Å². The number of anilines is 1. The fourth-order valence-electron chi connectivity index (χ4n) is 4.46. The van der Waals surface area contributed by atoms with Crippen molar-refractivity contribution in [2.75, 3.05) is 24.5 Å². The average molecular weight is 350 g/mol. The second kappa shape index (κ2) is 7.06. The Bertz CT molecular complexity index is 779. The van der Waals surface area contributed by atoms with E-state index in [1.807, 2.05) is 35.4 Å². The van der Waals surface area contributed by atoms with Crippen LogP contribution in [-0.2, 0) is 11.3 Å². The fraction of sp³-hybridized carbons (Fsp3) is 0.476. The molecule has 4 heterocycles. The molecule has 5 nitrogen and oxygen atoms in total. The van der Waals surface area contributed by atoms with Gasteiger partial charge in [0.25, 0.3) is 0 Å². The number of pyridine rings is 2. The molecule has 2 aromatic rings. The summed E-state index contributed by atoms with van der Waals surface area (Å²) in [5.74, 6) is 1.35. The lowest BCUT2D eigenvalue weighted by atomic mass is 9.73. The standard InChI is InChI=1S/C21H26N4O/c1-17-6-4-12-23-20(17)24-13-5-9-21(15-24)10-8-19(26)25(16-21)14-18-7-2-3-11-22-18/h2-4,6-7,11-12H,5,8-10,13-16H2,1H3. The number of carbonyl (C=O) groups excluding carboxylic acids is 1. The molecule has 2 aliphatic rings. The first-order chi connectivity index (χ1) is 12.7. The number of likely N-dealkylation sites (tertiary alicyclic amines) is 1. The number of carbonyl (C=O) groups is 1. The summed E-state index contributed by atoms with van der Waals surface area (Å²) in [7, 11) is 0. The summed E-state index contributed by atoms with van der Waals surface area (Å²) in [6, 6.07) is 10.0. The van der Waals surface area contributed by atoms with E-state index in [0.717, 1.165) is 44.0 Å². The van der Waals surface area contributed by atoms with Crippen molar-refractivity contribution in [2.24, 2.45) is 5.41 Å². The SMILES string of the molecule is Cc1cccnc1N1CCCC2(CCC(=O)N(Cc3ccccn3)C2)C1. The maximum absolute atomic E-state index is 12.5. The van der Waals surface area contributed by atoms with Gasteiger partial charge in [-0.2, -0.15) is 0 Å². The molecule has 0 N–H and O–H groups in total. The summed E-state index contributed by atoms with van der Waals surface area (Å²) >= 11 is 0. The minimum atomic E-state index is 0.172. The summed E-state index contributed by atoms with van der Waals surface area (Å²) in [6.45, 7) is 5.60. The maximum atomic E-state index is 12.5. The Kier molecular flexibility index (Phi) is 4.62. The van der Waals surface area contributed by atoms with Crippen molar-refractivity contribution in [2.45, 2.75) is 39.2 Å². The van der Waals surface area contributed by atoms with Gasteiger partial charge in [-0.25, -0.2) is 4.98 Å². The quantitative estimate of drug-likeness (QED) is 0.853. The van der Waals surface area contributed by atoms with E-state index in [1.165, 1.54) is 12.0 Å². The lowest BCUT2D eigenvalue weighted by Gasteiger charge is -2.48. The minimum absolute atomic E-state index is 0.172. The molecule has 0 radical (unpaired) electrons.